The number of amides is 1. The van der Waals surface area contributed by atoms with Gasteiger partial charge in [-0.1, -0.05) is 38.1 Å². The van der Waals surface area contributed by atoms with Crippen molar-refractivity contribution in [2.24, 2.45) is 11.3 Å². The fourth-order valence-corrected chi connectivity index (χ4v) is 12.7. The summed E-state index contributed by atoms with van der Waals surface area (Å²) in [6.07, 6.45) is 11.1. The third-order valence-corrected chi connectivity index (χ3v) is 17.6. The van der Waals surface area contributed by atoms with E-state index in [2.05, 4.69) is 56.0 Å². The SMILES string of the molecule is CC(C)c1ccccc1[C@@H]1CN(S(C)(=O)=O)CCN1C1CC2(CCN(c3ccc(C(=O)NS(=O)(=O)c4cnc(NCC5CCC(C)(O)CC5)c([N+](=O)[O-])c4)c(Oc4cnc5[nH]cc(F)c5c4)c3)CC2)C1. The number of aliphatic hydroxyl groups is 1. The molecule has 3 aromatic heterocycles. The van der Waals surface area contributed by atoms with Crippen molar-refractivity contribution in [3.8, 4) is 11.5 Å². The number of nitrogens with zero attached hydrogens (tertiary/aromatic N) is 6. The van der Waals surface area contributed by atoms with Gasteiger partial charge in [0.05, 0.1) is 40.1 Å². The first-order chi connectivity index (χ1) is 33.2. The number of sulfonamides is 2. The van der Waals surface area contributed by atoms with Crippen LogP contribution in [-0.2, 0) is 20.0 Å². The molecular weight excluding hydrogens is 942 g/mol. The van der Waals surface area contributed by atoms with Gasteiger partial charge in [-0.05, 0) is 105 Å². The van der Waals surface area contributed by atoms with Crippen LogP contribution in [0.3, 0.4) is 0 Å². The summed E-state index contributed by atoms with van der Waals surface area (Å²) in [5, 5.41) is 25.6. The smallest absolute Gasteiger partial charge is 0.312 e. The molecule has 0 unspecified atom stereocenters. The third-order valence-electron chi connectivity index (χ3n) is 15.0. The van der Waals surface area contributed by atoms with E-state index >= 15 is 0 Å². The van der Waals surface area contributed by atoms with Gasteiger partial charge in [0.25, 0.3) is 15.9 Å². The van der Waals surface area contributed by atoms with E-state index < -0.39 is 52.9 Å². The number of rotatable bonds is 14. The quantitative estimate of drug-likeness (QED) is 0.0625. The van der Waals surface area contributed by atoms with Crippen molar-refractivity contribution < 1.29 is 40.8 Å². The zero-order chi connectivity index (χ0) is 49.8. The lowest BCUT2D eigenvalue weighted by Gasteiger charge is -2.58. The number of aromatic amines is 1. The van der Waals surface area contributed by atoms with Crippen LogP contribution in [0.4, 0.5) is 21.6 Å². The van der Waals surface area contributed by atoms with Crippen LogP contribution in [-0.4, -0.2) is 114 Å². The molecule has 2 aliphatic heterocycles. The van der Waals surface area contributed by atoms with E-state index in [0.717, 1.165) is 44.1 Å². The number of benzene rings is 2. The van der Waals surface area contributed by atoms with Crippen molar-refractivity contribution >= 4 is 54.2 Å². The second kappa shape index (κ2) is 19.1. The van der Waals surface area contributed by atoms with Gasteiger partial charge in [0.1, 0.15) is 27.9 Å². The summed E-state index contributed by atoms with van der Waals surface area (Å²) < 4.78 is 77.5. The number of hydrogen-bond acceptors (Lipinski definition) is 14. The Morgan fingerprint density at radius 3 is 2.43 bits per heavy atom. The molecule has 4 aliphatic rings. The second-order valence-electron chi connectivity index (χ2n) is 20.2. The van der Waals surface area contributed by atoms with E-state index in [9.17, 15) is 41.2 Å². The molecule has 2 saturated carbocycles. The number of nitrogens with one attached hydrogen (secondary N) is 3. The lowest BCUT2D eigenvalue weighted by Crippen LogP contribution is -2.60. The number of H-pyrrole nitrogens is 1. The van der Waals surface area contributed by atoms with E-state index in [0.29, 0.717) is 76.7 Å². The number of anilines is 2. The highest BCUT2D eigenvalue weighted by molar-refractivity contribution is 7.90. The van der Waals surface area contributed by atoms with Crippen molar-refractivity contribution in [2.45, 2.75) is 101 Å². The van der Waals surface area contributed by atoms with Crippen LogP contribution in [0.5, 0.6) is 11.5 Å². The van der Waals surface area contributed by atoms with Crippen molar-refractivity contribution in [3.63, 3.8) is 0 Å². The number of carbonyl (C=O) groups is 1. The van der Waals surface area contributed by atoms with Gasteiger partial charge >= 0.3 is 5.69 Å². The van der Waals surface area contributed by atoms with E-state index in [1.54, 1.807) is 23.4 Å². The van der Waals surface area contributed by atoms with Gasteiger partial charge < -0.3 is 25.0 Å². The van der Waals surface area contributed by atoms with Gasteiger partial charge in [0, 0.05) is 75.4 Å². The molecule has 4 N–H and O–H groups in total. The number of pyridine rings is 2. The molecule has 4 fully saturated rings. The maximum Gasteiger partial charge on any atom is 0.312 e. The minimum Gasteiger partial charge on any atom is -0.455 e. The molecule has 2 aromatic carbocycles. The molecule has 18 nitrogen and oxygen atoms in total. The minimum absolute atomic E-state index is 0.0277. The summed E-state index contributed by atoms with van der Waals surface area (Å²) in [6.45, 7) is 9.33. The highest BCUT2D eigenvalue weighted by Crippen LogP contribution is 2.53. The van der Waals surface area contributed by atoms with Crippen molar-refractivity contribution in [1.82, 2.24) is 28.9 Å². The van der Waals surface area contributed by atoms with Gasteiger partial charge in [-0.2, -0.15) is 4.31 Å². The predicted molar refractivity (Wildman–Crippen MR) is 262 cm³/mol. The number of halogens is 1. The molecule has 70 heavy (non-hydrogen) atoms. The monoisotopic (exact) mass is 1000 g/mol. The van der Waals surface area contributed by atoms with E-state index in [-0.39, 0.29) is 57.2 Å². The second-order valence-corrected chi connectivity index (χ2v) is 23.9. The van der Waals surface area contributed by atoms with Crippen LogP contribution < -0.4 is 19.7 Å². The summed E-state index contributed by atoms with van der Waals surface area (Å²) >= 11 is 0. The van der Waals surface area contributed by atoms with Crippen LogP contribution in [0.1, 0.15) is 106 Å². The Bertz CT molecular complexity index is 3020. The Hall–Kier alpha value is -5.74. The van der Waals surface area contributed by atoms with E-state index in [1.165, 1.54) is 35.7 Å². The number of carbonyl (C=O) groups excluding carboxylic acids is 1. The first-order valence-electron chi connectivity index (χ1n) is 23.8. The first kappa shape index (κ1) is 49.2. The van der Waals surface area contributed by atoms with Gasteiger partial charge in [-0.25, -0.2) is 35.9 Å². The Balaban J connectivity index is 0.912. The fraction of sp³-hybridized carbons (Fsp3) is 0.490. The molecule has 2 saturated heterocycles. The molecule has 0 bridgehead atoms. The topological polar surface area (TPSA) is 233 Å². The third kappa shape index (κ3) is 10.3. The summed E-state index contributed by atoms with van der Waals surface area (Å²) in [7, 11) is -8.09. The highest BCUT2D eigenvalue weighted by Gasteiger charge is 2.50. The molecule has 5 heterocycles. The lowest BCUT2D eigenvalue weighted by molar-refractivity contribution is -0.384. The number of piperazine rings is 1. The molecule has 1 amide bonds. The van der Waals surface area contributed by atoms with Gasteiger partial charge in [0.2, 0.25) is 15.8 Å². The Kier molecular flexibility index (Phi) is 13.4. The number of ether oxygens (including phenoxy) is 1. The zero-order valence-corrected chi connectivity index (χ0v) is 41.4. The lowest BCUT2D eigenvalue weighted by atomic mass is 9.59. The maximum atomic E-state index is 14.7. The molecule has 1 spiro atoms. The van der Waals surface area contributed by atoms with Crippen LogP contribution in [0.15, 0.2) is 78.1 Å². The standard InChI is InChI=1S/C49H60FN9O9S2/c1-31(2)37-7-5-6-8-38(37)43-30-57(69(4,64)65)19-20-58(43)34-24-49(25-34)15-17-56(18-16-49)33-9-10-39(44(21-33)68-35-22-40-41(50)29-54-45(40)52-27-35)47(60)55-70(66,67)36-23-42(59(62)63)46(53-28-36)51-26-32-11-13-48(3,61)14-12-32/h5-10,21-23,27-29,31-32,34,43,61H,11-20,24-26,30H2,1-4H3,(H,51,53)(H,52,54)(H,55,60)/t32?,43-,48?/m0/s1. The molecule has 2 aliphatic carbocycles. The molecule has 374 valence electrons. The predicted octanol–water partition coefficient (Wildman–Crippen LogP) is 7.46. The average Bonchev–Trinajstić information content (AvgIpc) is 3.68. The molecular formula is C49H60FN9O9S2. The number of piperidine rings is 1. The van der Waals surface area contributed by atoms with Crippen LogP contribution >= 0.6 is 0 Å². The molecule has 21 heteroatoms. The van der Waals surface area contributed by atoms with Crippen LogP contribution in [0, 0.1) is 27.3 Å². The molecule has 9 rings (SSSR count). The first-order valence-corrected chi connectivity index (χ1v) is 27.2. The Morgan fingerprint density at radius 2 is 1.73 bits per heavy atom. The summed E-state index contributed by atoms with van der Waals surface area (Å²) in [5.74, 6) is -1.29. The summed E-state index contributed by atoms with van der Waals surface area (Å²) in [4.78, 5) is 40.6. The number of hydrogen-bond donors (Lipinski definition) is 4. The van der Waals surface area contributed by atoms with Crippen molar-refractivity contribution in [1.29, 1.82) is 0 Å². The van der Waals surface area contributed by atoms with Crippen molar-refractivity contribution in [2.75, 3.05) is 55.7 Å². The summed E-state index contributed by atoms with van der Waals surface area (Å²) in [5.41, 5.74) is 1.98. The number of fused-ring (bicyclic) bond motifs is 1. The normalized spacial score (nSPS) is 22.5. The highest BCUT2D eigenvalue weighted by atomic mass is 32.2. The molecule has 0 radical (unpaired) electrons. The van der Waals surface area contributed by atoms with E-state index in [4.69, 9.17) is 4.74 Å². The molecule has 5 aromatic rings. The number of nitro groups is 1. The van der Waals surface area contributed by atoms with Crippen LogP contribution in [0.2, 0.25) is 0 Å². The largest absolute Gasteiger partial charge is 0.455 e. The number of aromatic nitrogens is 3. The van der Waals surface area contributed by atoms with Gasteiger partial charge in [-0.3, -0.25) is 19.8 Å². The minimum atomic E-state index is -4.72. The van der Waals surface area contributed by atoms with Crippen molar-refractivity contribution in [3.05, 3.63) is 106 Å². The Labute approximate surface area is 407 Å². The Morgan fingerprint density at radius 1 is 1.00 bits per heavy atom. The average molecular weight is 1000 g/mol. The van der Waals surface area contributed by atoms with E-state index in [1.807, 2.05) is 16.9 Å². The summed E-state index contributed by atoms with van der Waals surface area (Å²) in [6, 6.07) is 15.7. The molecule has 1 atom stereocenters. The van der Waals surface area contributed by atoms with Crippen LogP contribution in [0.25, 0.3) is 11.0 Å². The fourth-order valence-electron chi connectivity index (χ4n) is 10.9. The van der Waals surface area contributed by atoms with Gasteiger partial charge in [-0.15, -0.1) is 0 Å². The maximum absolute atomic E-state index is 14.7. The zero-order valence-electron chi connectivity index (χ0n) is 39.7. The van der Waals surface area contributed by atoms with Gasteiger partial charge in [0.15, 0.2) is 0 Å².